The molecular formula is C15H26N2O3. The lowest BCUT2D eigenvalue weighted by Crippen LogP contribution is -2.43. The number of aliphatic carboxylic acids is 1. The summed E-state index contributed by atoms with van der Waals surface area (Å²) < 4.78 is 0. The standard InChI is InChI=1S/C15H26N2O3/c1-10-4-2-3-5-12(10)9-16-15(20)17-13-7-6-11(8-13)14(18)19/h10-13H,2-9H2,1H3,(H,18,19)(H2,16,17,20). The average Bonchev–Trinajstić information content (AvgIpc) is 2.86. The summed E-state index contributed by atoms with van der Waals surface area (Å²) in [5, 5.41) is 14.8. The highest BCUT2D eigenvalue weighted by molar-refractivity contribution is 5.75. The predicted octanol–water partition coefficient (Wildman–Crippen LogP) is 2.37. The van der Waals surface area contributed by atoms with E-state index in [1.54, 1.807) is 0 Å². The lowest BCUT2D eigenvalue weighted by atomic mass is 9.80. The van der Waals surface area contributed by atoms with Crippen molar-refractivity contribution in [2.45, 2.75) is 57.9 Å². The quantitative estimate of drug-likeness (QED) is 0.740. The summed E-state index contributed by atoms with van der Waals surface area (Å²) in [5.74, 6) is 0.237. The van der Waals surface area contributed by atoms with Gasteiger partial charge in [-0.3, -0.25) is 4.79 Å². The molecule has 5 heteroatoms. The maximum Gasteiger partial charge on any atom is 0.315 e. The van der Waals surface area contributed by atoms with Crippen LogP contribution in [-0.4, -0.2) is 29.7 Å². The number of amides is 2. The molecule has 2 rings (SSSR count). The lowest BCUT2D eigenvalue weighted by molar-refractivity contribution is -0.141. The fourth-order valence-electron chi connectivity index (χ4n) is 3.49. The summed E-state index contributed by atoms with van der Waals surface area (Å²) >= 11 is 0. The Morgan fingerprint density at radius 3 is 2.55 bits per heavy atom. The molecule has 2 fully saturated rings. The Bertz CT molecular complexity index is 359. The normalized spacial score (nSPS) is 33.6. The van der Waals surface area contributed by atoms with Crippen LogP contribution in [-0.2, 0) is 4.79 Å². The zero-order valence-electron chi connectivity index (χ0n) is 12.2. The molecule has 2 amide bonds. The first-order valence-corrected chi connectivity index (χ1v) is 7.83. The van der Waals surface area contributed by atoms with Gasteiger partial charge in [0.05, 0.1) is 5.92 Å². The van der Waals surface area contributed by atoms with Crippen molar-refractivity contribution in [1.29, 1.82) is 0 Å². The van der Waals surface area contributed by atoms with E-state index < -0.39 is 5.97 Å². The van der Waals surface area contributed by atoms with Gasteiger partial charge in [0, 0.05) is 12.6 Å². The largest absolute Gasteiger partial charge is 0.481 e. The van der Waals surface area contributed by atoms with Gasteiger partial charge in [-0.2, -0.15) is 0 Å². The van der Waals surface area contributed by atoms with E-state index in [4.69, 9.17) is 5.11 Å². The van der Waals surface area contributed by atoms with Gasteiger partial charge >= 0.3 is 12.0 Å². The second-order valence-electron chi connectivity index (χ2n) is 6.42. The van der Waals surface area contributed by atoms with Gasteiger partial charge < -0.3 is 15.7 Å². The van der Waals surface area contributed by atoms with Gasteiger partial charge in [-0.25, -0.2) is 4.79 Å². The fraction of sp³-hybridized carbons (Fsp3) is 0.867. The molecule has 0 aromatic carbocycles. The highest BCUT2D eigenvalue weighted by Crippen LogP contribution is 2.29. The van der Waals surface area contributed by atoms with Crippen LogP contribution in [0.3, 0.4) is 0 Å². The molecule has 0 aromatic heterocycles. The van der Waals surface area contributed by atoms with Crippen LogP contribution in [0.15, 0.2) is 0 Å². The number of nitrogens with one attached hydrogen (secondary N) is 2. The number of hydrogen-bond acceptors (Lipinski definition) is 2. The molecule has 0 saturated heterocycles. The molecular weight excluding hydrogens is 256 g/mol. The van der Waals surface area contributed by atoms with Crippen molar-refractivity contribution in [2.75, 3.05) is 6.54 Å². The van der Waals surface area contributed by atoms with Crippen molar-refractivity contribution in [3.63, 3.8) is 0 Å². The third-order valence-electron chi connectivity index (χ3n) is 4.93. The van der Waals surface area contributed by atoms with E-state index in [1.807, 2.05) is 0 Å². The molecule has 20 heavy (non-hydrogen) atoms. The third kappa shape index (κ3) is 4.12. The molecule has 2 saturated carbocycles. The molecule has 4 unspecified atom stereocenters. The van der Waals surface area contributed by atoms with Crippen molar-refractivity contribution < 1.29 is 14.7 Å². The maximum atomic E-state index is 11.9. The van der Waals surface area contributed by atoms with Gasteiger partial charge in [0.2, 0.25) is 0 Å². The van der Waals surface area contributed by atoms with Crippen LogP contribution in [0.2, 0.25) is 0 Å². The summed E-state index contributed by atoms with van der Waals surface area (Å²) in [6.45, 7) is 3.00. The average molecular weight is 282 g/mol. The molecule has 0 aliphatic heterocycles. The molecule has 3 N–H and O–H groups in total. The van der Waals surface area contributed by atoms with E-state index in [0.717, 1.165) is 13.0 Å². The topological polar surface area (TPSA) is 78.4 Å². The van der Waals surface area contributed by atoms with Crippen LogP contribution in [0, 0.1) is 17.8 Å². The van der Waals surface area contributed by atoms with Crippen LogP contribution in [0.4, 0.5) is 4.79 Å². The molecule has 114 valence electrons. The van der Waals surface area contributed by atoms with Gasteiger partial charge in [0.1, 0.15) is 0 Å². The molecule has 0 bridgehead atoms. The van der Waals surface area contributed by atoms with Gasteiger partial charge in [0.25, 0.3) is 0 Å². The smallest absolute Gasteiger partial charge is 0.315 e. The second-order valence-corrected chi connectivity index (χ2v) is 6.42. The molecule has 0 aromatic rings. The summed E-state index contributed by atoms with van der Waals surface area (Å²) in [4.78, 5) is 22.7. The Kier molecular flexibility index (Phi) is 5.26. The monoisotopic (exact) mass is 282 g/mol. The first kappa shape index (κ1) is 15.1. The number of carbonyl (C=O) groups is 2. The molecule has 0 spiro atoms. The molecule has 0 radical (unpaired) electrons. The van der Waals surface area contributed by atoms with Crippen molar-refractivity contribution in [1.82, 2.24) is 10.6 Å². The lowest BCUT2D eigenvalue weighted by Gasteiger charge is -2.29. The number of rotatable bonds is 4. The van der Waals surface area contributed by atoms with E-state index in [0.29, 0.717) is 24.7 Å². The summed E-state index contributed by atoms with van der Waals surface area (Å²) in [6, 6.07) is -0.126. The van der Waals surface area contributed by atoms with Crippen molar-refractivity contribution >= 4 is 12.0 Å². The highest BCUT2D eigenvalue weighted by atomic mass is 16.4. The van der Waals surface area contributed by atoms with Gasteiger partial charge in [0.15, 0.2) is 0 Å². The number of urea groups is 1. The fourth-order valence-corrected chi connectivity index (χ4v) is 3.49. The number of carboxylic acid groups (broad SMARTS) is 1. The Labute approximate surface area is 120 Å². The van der Waals surface area contributed by atoms with E-state index in [1.165, 1.54) is 25.7 Å². The minimum Gasteiger partial charge on any atom is -0.481 e. The Balaban J connectivity index is 1.67. The molecule has 4 atom stereocenters. The number of hydrogen-bond donors (Lipinski definition) is 3. The second kappa shape index (κ2) is 6.95. The first-order valence-electron chi connectivity index (χ1n) is 7.83. The summed E-state index contributed by atoms with van der Waals surface area (Å²) in [5.41, 5.74) is 0. The minimum absolute atomic E-state index is 0.0138. The van der Waals surface area contributed by atoms with E-state index in [2.05, 4.69) is 17.6 Å². The molecule has 2 aliphatic rings. The first-order chi connectivity index (χ1) is 9.56. The van der Waals surface area contributed by atoms with Crippen LogP contribution >= 0.6 is 0 Å². The van der Waals surface area contributed by atoms with Crippen LogP contribution in [0.5, 0.6) is 0 Å². The zero-order chi connectivity index (χ0) is 14.5. The summed E-state index contributed by atoms with van der Waals surface area (Å²) in [6.07, 6.45) is 7.03. The molecule has 0 heterocycles. The highest BCUT2D eigenvalue weighted by Gasteiger charge is 2.30. The molecule has 5 nitrogen and oxygen atoms in total. The predicted molar refractivity (Wildman–Crippen MR) is 76.4 cm³/mol. The zero-order valence-corrected chi connectivity index (χ0v) is 12.2. The van der Waals surface area contributed by atoms with E-state index >= 15 is 0 Å². The van der Waals surface area contributed by atoms with E-state index in [9.17, 15) is 9.59 Å². The Morgan fingerprint density at radius 2 is 1.90 bits per heavy atom. The van der Waals surface area contributed by atoms with Crippen molar-refractivity contribution in [3.8, 4) is 0 Å². The Hall–Kier alpha value is -1.26. The van der Waals surface area contributed by atoms with E-state index in [-0.39, 0.29) is 18.0 Å². The van der Waals surface area contributed by atoms with Crippen LogP contribution in [0.25, 0.3) is 0 Å². The Morgan fingerprint density at radius 1 is 1.15 bits per heavy atom. The SMILES string of the molecule is CC1CCCCC1CNC(=O)NC1CCC(C(=O)O)C1. The molecule has 2 aliphatic carbocycles. The van der Waals surface area contributed by atoms with Gasteiger partial charge in [-0.1, -0.05) is 26.2 Å². The van der Waals surface area contributed by atoms with Gasteiger partial charge in [-0.15, -0.1) is 0 Å². The van der Waals surface area contributed by atoms with Crippen LogP contribution < -0.4 is 10.6 Å². The minimum atomic E-state index is -0.745. The van der Waals surface area contributed by atoms with Crippen molar-refractivity contribution in [3.05, 3.63) is 0 Å². The number of carbonyl (C=O) groups excluding carboxylic acids is 1. The van der Waals surface area contributed by atoms with Crippen LogP contribution in [0.1, 0.15) is 51.9 Å². The number of carboxylic acids is 1. The maximum absolute atomic E-state index is 11.9. The van der Waals surface area contributed by atoms with Gasteiger partial charge in [-0.05, 0) is 37.5 Å². The third-order valence-corrected chi connectivity index (χ3v) is 4.93. The van der Waals surface area contributed by atoms with Crippen molar-refractivity contribution in [2.24, 2.45) is 17.8 Å². The summed E-state index contributed by atoms with van der Waals surface area (Å²) in [7, 11) is 0.